The summed E-state index contributed by atoms with van der Waals surface area (Å²) in [5.74, 6) is 1.54. The molecule has 0 amide bonds. The zero-order valence-electron chi connectivity index (χ0n) is 9.49. The quantitative estimate of drug-likeness (QED) is 0.812. The number of ether oxygens (including phenoxy) is 1. The summed E-state index contributed by atoms with van der Waals surface area (Å²) in [4.78, 5) is 8.52. The maximum Gasteiger partial charge on any atom is 0.196 e. The fourth-order valence-electron chi connectivity index (χ4n) is 1.36. The van der Waals surface area contributed by atoms with Gasteiger partial charge < -0.3 is 10.1 Å². The minimum Gasteiger partial charge on any atom is -0.483 e. The van der Waals surface area contributed by atoms with Gasteiger partial charge in [0.1, 0.15) is 11.6 Å². The second-order valence-electron chi connectivity index (χ2n) is 3.82. The van der Waals surface area contributed by atoms with Gasteiger partial charge in [0.15, 0.2) is 5.05 Å². The van der Waals surface area contributed by atoms with Crippen molar-refractivity contribution in [1.29, 1.82) is 0 Å². The minimum atomic E-state index is 0.464. The molecule has 1 aromatic heterocycles. The van der Waals surface area contributed by atoms with Crippen LogP contribution >= 0.6 is 12.2 Å². The molecule has 86 valence electrons. The third-order valence-electron chi connectivity index (χ3n) is 2.32. The summed E-state index contributed by atoms with van der Waals surface area (Å²) < 4.78 is 5.32. The number of aryl methyl sites for hydroxylation is 1. The molecule has 2 rings (SSSR count). The Labute approximate surface area is 100 Å². The smallest absolute Gasteiger partial charge is 0.196 e. The summed E-state index contributed by atoms with van der Waals surface area (Å²) in [7, 11) is 0. The van der Waals surface area contributed by atoms with E-state index in [4.69, 9.17) is 17.0 Å². The summed E-state index contributed by atoms with van der Waals surface area (Å²) in [6, 6.07) is 0.539. The first kappa shape index (κ1) is 11.3. The van der Waals surface area contributed by atoms with E-state index in [0.717, 1.165) is 17.2 Å². The molecule has 0 aromatic carbocycles. The van der Waals surface area contributed by atoms with E-state index in [0.29, 0.717) is 17.7 Å². The van der Waals surface area contributed by atoms with Crippen LogP contribution in [0.25, 0.3) is 0 Å². The van der Waals surface area contributed by atoms with Crippen LogP contribution in [-0.4, -0.2) is 27.7 Å². The fraction of sp³-hybridized carbons (Fsp3) is 0.545. The van der Waals surface area contributed by atoms with Crippen LogP contribution in [0.3, 0.4) is 0 Å². The SMILES string of the molecule is CCOC(=S)c1cnc(C)nc1NC1CC1. The van der Waals surface area contributed by atoms with Crippen molar-refractivity contribution in [3.05, 3.63) is 17.6 Å². The van der Waals surface area contributed by atoms with Gasteiger partial charge in [0.05, 0.1) is 12.2 Å². The molecule has 0 atom stereocenters. The lowest BCUT2D eigenvalue weighted by Crippen LogP contribution is -2.13. The molecule has 0 bridgehead atoms. The lowest BCUT2D eigenvalue weighted by atomic mass is 10.3. The summed E-state index contributed by atoms with van der Waals surface area (Å²) in [5.41, 5.74) is 0.786. The molecule has 0 unspecified atom stereocenters. The average Bonchev–Trinajstić information content (AvgIpc) is 3.02. The van der Waals surface area contributed by atoms with Crippen molar-refractivity contribution in [2.45, 2.75) is 32.7 Å². The Morgan fingerprint density at radius 2 is 2.38 bits per heavy atom. The number of hydrogen-bond donors (Lipinski definition) is 1. The van der Waals surface area contributed by atoms with Crippen LogP contribution in [0.1, 0.15) is 31.2 Å². The van der Waals surface area contributed by atoms with Gasteiger partial charge in [-0.1, -0.05) is 0 Å². The van der Waals surface area contributed by atoms with Crippen LogP contribution in [0.15, 0.2) is 6.20 Å². The second-order valence-corrected chi connectivity index (χ2v) is 4.19. The van der Waals surface area contributed by atoms with Gasteiger partial charge in [-0.15, -0.1) is 0 Å². The van der Waals surface area contributed by atoms with Gasteiger partial charge in [-0.25, -0.2) is 9.97 Å². The zero-order valence-corrected chi connectivity index (χ0v) is 10.3. The largest absolute Gasteiger partial charge is 0.483 e. The summed E-state index contributed by atoms with van der Waals surface area (Å²) in [5, 5.41) is 3.81. The van der Waals surface area contributed by atoms with Crippen LogP contribution < -0.4 is 5.32 Å². The molecule has 16 heavy (non-hydrogen) atoms. The Balaban J connectivity index is 2.23. The zero-order chi connectivity index (χ0) is 11.5. The van der Waals surface area contributed by atoms with Crippen molar-refractivity contribution < 1.29 is 4.74 Å². The lowest BCUT2D eigenvalue weighted by molar-refractivity contribution is 0.337. The molecule has 1 aliphatic rings. The second kappa shape index (κ2) is 4.74. The molecule has 5 heteroatoms. The van der Waals surface area contributed by atoms with Crippen LogP contribution in [0.4, 0.5) is 5.82 Å². The Morgan fingerprint density at radius 1 is 1.62 bits per heavy atom. The van der Waals surface area contributed by atoms with E-state index in [1.165, 1.54) is 12.8 Å². The molecule has 1 fully saturated rings. The van der Waals surface area contributed by atoms with Gasteiger partial charge in [-0.2, -0.15) is 0 Å². The van der Waals surface area contributed by atoms with Gasteiger partial charge in [0.25, 0.3) is 0 Å². The van der Waals surface area contributed by atoms with Gasteiger partial charge >= 0.3 is 0 Å². The molecule has 1 aliphatic carbocycles. The molecule has 0 radical (unpaired) electrons. The van der Waals surface area contributed by atoms with Crippen molar-refractivity contribution in [1.82, 2.24) is 9.97 Å². The number of thiocarbonyl (C=S) groups is 1. The van der Waals surface area contributed by atoms with Crippen molar-refractivity contribution in [3.63, 3.8) is 0 Å². The molecule has 1 N–H and O–H groups in total. The third kappa shape index (κ3) is 2.66. The Morgan fingerprint density at radius 3 is 3.00 bits per heavy atom. The molecule has 0 saturated heterocycles. The number of aromatic nitrogens is 2. The molecule has 1 heterocycles. The van der Waals surface area contributed by atoms with Crippen LogP contribution in [0.2, 0.25) is 0 Å². The molecule has 1 saturated carbocycles. The van der Waals surface area contributed by atoms with Gasteiger partial charge in [-0.05, 0) is 38.9 Å². The number of nitrogens with one attached hydrogen (secondary N) is 1. The summed E-state index contributed by atoms with van der Waals surface area (Å²) in [6.07, 6.45) is 4.12. The molecular weight excluding hydrogens is 222 g/mol. The number of hydrogen-bond acceptors (Lipinski definition) is 5. The number of anilines is 1. The maximum absolute atomic E-state index is 5.32. The minimum absolute atomic E-state index is 0.464. The van der Waals surface area contributed by atoms with E-state index < -0.39 is 0 Å². The highest BCUT2D eigenvalue weighted by molar-refractivity contribution is 7.80. The van der Waals surface area contributed by atoms with Crippen LogP contribution in [0.5, 0.6) is 0 Å². The molecule has 1 aromatic rings. The first-order chi connectivity index (χ1) is 7.70. The van der Waals surface area contributed by atoms with Crippen molar-refractivity contribution in [3.8, 4) is 0 Å². The van der Waals surface area contributed by atoms with E-state index >= 15 is 0 Å². The van der Waals surface area contributed by atoms with Gasteiger partial charge in [0.2, 0.25) is 0 Å². The average molecular weight is 237 g/mol. The van der Waals surface area contributed by atoms with Crippen LogP contribution in [0, 0.1) is 6.92 Å². The Hall–Kier alpha value is -1.23. The highest BCUT2D eigenvalue weighted by Gasteiger charge is 2.23. The number of rotatable bonds is 4. The normalized spacial score (nSPS) is 14.6. The molecule has 0 aliphatic heterocycles. The first-order valence-corrected chi connectivity index (χ1v) is 5.89. The van der Waals surface area contributed by atoms with E-state index in [1.54, 1.807) is 6.20 Å². The predicted molar refractivity (Wildman–Crippen MR) is 66.7 cm³/mol. The molecular formula is C11H15N3OS. The van der Waals surface area contributed by atoms with E-state index in [9.17, 15) is 0 Å². The van der Waals surface area contributed by atoms with Crippen molar-refractivity contribution in [2.24, 2.45) is 0 Å². The fourth-order valence-corrected chi connectivity index (χ4v) is 1.63. The molecule has 0 spiro atoms. The molecule has 4 nitrogen and oxygen atoms in total. The third-order valence-corrected chi connectivity index (χ3v) is 2.66. The highest BCUT2D eigenvalue weighted by atomic mass is 32.1. The lowest BCUT2D eigenvalue weighted by Gasteiger charge is -2.11. The Kier molecular flexibility index (Phi) is 3.33. The number of nitrogens with zero attached hydrogens (tertiary/aromatic N) is 2. The summed E-state index contributed by atoms with van der Waals surface area (Å²) >= 11 is 5.18. The van der Waals surface area contributed by atoms with E-state index in [-0.39, 0.29) is 0 Å². The van der Waals surface area contributed by atoms with Gasteiger partial charge in [0, 0.05) is 12.2 Å². The van der Waals surface area contributed by atoms with E-state index in [2.05, 4.69) is 15.3 Å². The monoisotopic (exact) mass is 237 g/mol. The van der Waals surface area contributed by atoms with Crippen molar-refractivity contribution in [2.75, 3.05) is 11.9 Å². The first-order valence-electron chi connectivity index (χ1n) is 5.48. The van der Waals surface area contributed by atoms with Crippen molar-refractivity contribution >= 4 is 23.1 Å². The maximum atomic E-state index is 5.32. The summed E-state index contributed by atoms with van der Waals surface area (Å²) in [6.45, 7) is 4.34. The van der Waals surface area contributed by atoms with Gasteiger partial charge in [-0.3, -0.25) is 0 Å². The highest BCUT2D eigenvalue weighted by Crippen LogP contribution is 2.25. The standard InChI is InChI=1S/C11H15N3OS/c1-3-15-11(16)9-6-12-7(2)13-10(9)14-8-4-5-8/h6,8H,3-5H2,1-2H3,(H,12,13,14). The predicted octanol–water partition coefficient (Wildman–Crippen LogP) is 2.07. The van der Waals surface area contributed by atoms with E-state index in [1.807, 2.05) is 13.8 Å². The Bertz CT molecular complexity index is 404. The topological polar surface area (TPSA) is 47.0 Å². The van der Waals surface area contributed by atoms with Crippen LogP contribution in [-0.2, 0) is 4.74 Å².